The number of hydrogen-bond acceptors (Lipinski definition) is 3. The number of nitrogens with zero attached hydrogens (tertiary/aromatic N) is 1. The zero-order chi connectivity index (χ0) is 12.6. The van der Waals surface area contributed by atoms with Crippen molar-refractivity contribution in [2.24, 2.45) is 0 Å². The van der Waals surface area contributed by atoms with E-state index in [2.05, 4.69) is 4.98 Å². The maximum atomic E-state index is 11.2. The molecular weight excluding hydrogens is 280 g/mol. The molecule has 1 aromatic heterocycles. The molecule has 0 atom stereocenters. The number of rotatable bonds is 3. The lowest BCUT2D eigenvalue weighted by Crippen LogP contribution is -2.11. The lowest BCUT2D eigenvalue weighted by atomic mass is 10.3. The van der Waals surface area contributed by atoms with E-state index in [1.165, 1.54) is 6.26 Å². The topological polar surface area (TPSA) is 54.9 Å². The molecule has 4 nitrogen and oxygen atoms in total. The molecule has 0 radical (unpaired) electrons. The van der Waals surface area contributed by atoms with Gasteiger partial charge in [0.15, 0.2) is 4.77 Å². The van der Waals surface area contributed by atoms with Crippen LogP contribution >= 0.6 is 23.8 Å². The fraction of sp³-hybridized carbons (Fsp3) is 0.300. The van der Waals surface area contributed by atoms with E-state index in [9.17, 15) is 8.42 Å². The molecular formula is C10H11ClN2O2S2. The van der Waals surface area contributed by atoms with Gasteiger partial charge >= 0.3 is 0 Å². The largest absolute Gasteiger partial charge is 0.331 e. The fourth-order valence-corrected chi connectivity index (χ4v) is 2.59. The number of aromatic nitrogens is 2. The van der Waals surface area contributed by atoms with Gasteiger partial charge in [0.1, 0.15) is 9.84 Å². The summed E-state index contributed by atoms with van der Waals surface area (Å²) in [5.41, 5.74) is 1.68. The lowest BCUT2D eigenvalue weighted by Gasteiger charge is -2.03. The first-order valence-corrected chi connectivity index (χ1v) is 7.77. The predicted molar refractivity (Wildman–Crippen MR) is 71.8 cm³/mol. The van der Waals surface area contributed by atoms with Gasteiger partial charge in [0.05, 0.1) is 16.8 Å². The Kier molecular flexibility index (Phi) is 3.29. The van der Waals surface area contributed by atoms with E-state index < -0.39 is 9.84 Å². The molecule has 0 aliphatic rings. The quantitative estimate of drug-likeness (QED) is 0.883. The molecule has 7 heteroatoms. The third-order valence-electron chi connectivity index (χ3n) is 2.42. The second-order valence-electron chi connectivity index (χ2n) is 3.87. The van der Waals surface area contributed by atoms with Crippen LogP contribution in [-0.4, -0.2) is 30.0 Å². The van der Waals surface area contributed by atoms with E-state index in [1.54, 1.807) is 16.7 Å². The van der Waals surface area contributed by atoms with Crippen molar-refractivity contribution in [2.75, 3.05) is 12.0 Å². The van der Waals surface area contributed by atoms with Crippen LogP contribution in [0.1, 0.15) is 0 Å². The van der Waals surface area contributed by atoms with Crippen LogP contribution in [0.4, 0.5) is 0 Å². The highest BCUT2D eigenvalue weighted by Gasteiger charge is 2.08. The number of halogens is 1. The summed E-state index contributed by atoms with van der Waals surface area (Å²) in [4.78, 5) is 3.01. The third kappa shape index (κ3) is 2.88. The average molecular weight is 291 g/mol. The Hall–Kier alpha value is -0.850. The summed E-state index contributed by atoms with van der Waals surface area (Å²) in [5, 5.41) is 0.597. The summed E-state index contributed by atoms with van der Waals surface area (Å²) in [6, 6.07) is 5.35. The maximum absolute atomic E-state index is 11.2. The van der Waals surface area contributed by atoms with Crippen molar-refractivity contribution in [3.05, 3.63) is 28.0 Å². The van der Waals surface area contributed by atoms with Gasteiger partial charge in [-0.3, -0.25) is 0 Å². The number of H-pyrrole nitrogens is 1. The normalized spacial score (nSPS) is 12.1. The van der Waals surface area contributed by atoms with Crippen LogP contribution < -0.4 is 0 Å². The fourth-order valence-electron chi connectivity index (χ4n) is 1.61. The average Bonchev–Trinajstić information content (AvgIpc) is 2.49. The molecule has 1 heterocycles. The second-order valence-corrected chi connectivity index (χ2v) is 6.96. The van der Waals surface area contributed by atoms with Crippen molar-refractivity contribution >= 4 is 44.7 Å². The molecule has 0 unspecified atom stereocenters. The number of nitrogens with one attached hydrogen (secondary N) is 1. The molecule has 0 saturated heterocycles. The summed E-state index contributed by atoms with van der Waals surface area (Å²) in [7, 11) is -3.01. The van der Waals surface area contributed by atoms with Gasteiger partial charge < -0.3 is 9.55 Å². The van der Waals surface area contributed by atoms with Crippen LogP contribution in [0.15, 0.2) is 18.2 Å². The zero-order valence-corrected chi connectivity index (χ0v) is 11.5. The van der Waals surface area contributed by atoms with Gasteiger partial charge in [-0.15, -0.1) is 0 Å². The van der Waals surface area contributed by atoms with Crippen molar-refractivity contribution in [3.63, 3.8) is 0 Å². The molecule has 1 aromatic carbocycles. The van der Waals surface area contributed by atoms with Crippen molar-refractivity contribution in [1.82, 2.24) is 9.55 Å². The van der Waals surface area contributed by atoms with Crippen molar-refractivity contribution < 1.29 is 8.42 Å². The Balaban J connectivity index is 2.49. The Morgan fingerprint density at radius 1 is 1.47 bits per heavy atom. The summed E-state index contributed by atoms with van der Waals surface area (Å²) < 4.78 is 24.6. The number of aryl methyl sites for hydroxylation is 1. The van der Waals surface area contributed by atoms with Gasteiger partial charge in [-0.1, -0.05) is 11.6 Å². The van der Waals surface area contributed by atoms with Crippen LogP contribution in [0, 0.1) is 4.77 Å². The number of benzene rings is 1. The molecule has 0 saturated carbocycles. The molecule has 17 heavy (non-hydrogen) atoms. The molecule has 2 rings (SSSR count). The minimum Gasteiger partial charge on any atom is -0.331 e. The molecule has 0 bridgehead atoms. The minimum atomic E-state index is -3.01. The van der Waals surface area contributed by atoms with E-state index in [1.807, 2.05) is 6.07 Å². The summed E-state index contributed by atoms with van der Waals surface area (Å²) in [6.45, 7) is 0.331. The Morgan fingerprint density at radius 2 is 2.18 bits per heavy atom. The van der Waals surface area contributed by atoms with E-state index in [4.69, 9.17) is 23.8 Å². The Labute approximate surface area is 109 Å². The van der Waals surface area contributed by atoms with Crippen LogP contribution in [0.2, 0.25) is 5.02 Å². The van der Waals surface area contributed by atoms with E-state index in [-0.39, 0.29) is 5.75 Å². The van der Waals surface area contributed by atoms with Crippen molar-refractivity contribution in [1.29, 1.82) is 0 Å². The molecule has 0 aliphatic heterocycles. The number of fused-ring (bicyclic) bond motifs is 1. The van der Waals surface area contributed by atoms with Crippen molar-refractivity contribution in [2.45, 2.75) is 6.54 Å². The number of imidazole rings is 1. The van der Waals surface area contributed by atoms with E-state index in [0.717, 1.165) is 11.0 Å². The van der Waals surface area contributed by atoms with Gasteiger partial charge in [-0.25, -0.2) is 8.42 Å². The van der Waals surface area contributed by atoms with Crippen molar-refractivity contribution in [3.8, 4) is 0 Å². The standard InChI is InChI=1S/C10H11ClN2O2S2/c1-17(14,15)5-4-13-9-6-7(11)2-3-8(9)12-10(13)16/h2-3,6H,4-5H2,1H3,(H,12,16). The van der Waals surface area contributed by atoms with Gasteiger partial charge in [0.2, 0.25) is 0 Å². The molecule has 0 aliphatic carbocycles. The smallest absolute Gasteiger partial charge is 0.178 e. The molecule has 0 spiro atoms. The minimum absolute atomic E-state index is 0.0563. The number of hydrogen-bond donors (Lipinski definition) is 1. The highest BCUT2D eigenvalue weighted by molar-refractivity contribution is 7.90. The highest BCUT2D eigenvalue weighted by Crippen LogP contribution is 2.19. The summed E-state index contributed by atoms with van der Waals surface area (Å²) in [5.74, 6) is 0.0563. The molecule has 0 amide bonds. The van der Waals surface area contributed by atoms with Gasteiger partial charge in [-0.2, -0.15) is 0 Å². The second kappa shape index (κ2) is 4.44. The van der Waals surface area contributed by atoms with Crippen LogP contribution in [0.25, 0.3) is 11.0 Å². The zero-order valence-electron chi connectivity index (χ0n) is 9.10. The molecule has 2 aromatic rings. The summed E-state index contributed by atoms with van der Waals surface area (Å²) in [6.07, 6.45) is 1.21. The monoisotopic (exact) mass is 290 g/mol. The molecule has 0 fully saturated rings. The summed E-state index contributed by atoms with van der Waals surface area (Å²) >= 11 is 11.1. The number of sulfone groups is 1. The van der Waals surface area contributed by atoms with Gasteiger partial charge in [0, 0.05) is 17.8 Å². The predicted octanol–water partition coefficient (Wildman–Crippen LogP) is 2.40. The van der Waals surface area contributed by atoms with E-state index in [0.29, 0.717) is 16.3 Å². The third-order valence-corrected chi connectivity index (χ3v) is 3.90. The maximum Gasteiger partial charge on any atom is 0.178 e. The Morgan fingerprint density at radius 3 is 2.82 bits per heavy atom. The Bertz CT molecular complexity index is 715. The van der Waals surface area contributed by atoms with E-state index >= 15 is 0 Å². The molecule has 92 valence electrons. The first kappa shape index (κ1) is 12.6. The first-order valence-electron chi connectivity index (χ1n) is 4.92. The van der Waals surface area contributed by atoms with Gasteiger partial charge in [0.25, 0.3) is 0 Å². The van der Waals surface area contributed by atoms with Crippen LogP contribution in [-0.2, 0) is 16.4 Å². The SMILES string of the molecule is CS(=O)(=O)CCn1c(=S)[nH]c2ccc(Cl)cc21. The highest BCUT2D eigenvalue weighted by atomic mass is 35.5. The number of aromatic amines is 1. The molecule has 1 N–H and O–H groups in total. The first-order chi connectivity index (χ1) is 7.87. The van der Waals surface area contributed by atoms with Gasteiger partial charge in [-0.05, 0) is 30.4 Å². The van der Waals surface area contributed by atoms with Crippen LogP contribution in [0.3, 0.4) is 0 Å². The lowest BCUT2D eigenvalue weighted by molar-refractivity contribution is 0.595. The van der Waals surface area contributed by atoms with Crippen LogP contribution in [0.5, 0.6) is 0 Å².